The summed E-state index contributed by atoms with van der Waals surface area (Å²) in [7, 11) is 1.24. The van der Waals surface area contributed by atoms with Crippen molar-refractivity contribution < 1.29 is 17.9 Å². The Morgan fingerprint density at radius 3 is 2.68 bits per heavy atom. The quantitative estimate of drug-likeness (QED) is 0.848. The number of hydrogen-bond donors (Lipinski definition) is 0. The van der Waals surface area contributed by atoms with Crippen LogP contribution in [0.1, 0.15) is 13.5 Å². The number of hydrogen-bond acceptors (Lipinski definition) is 4. The van der Waals surface area contributed by atoms with E-state index in [-0.39, 0.29) is 25.9 Å². The van der Waals surface area contributed by atoms with Crippen molar-refractivity contribution in [2.75, 3.05) is 6.61 Å². The van der Waals surface area contributed by atoms with E-state index in [1.54, 1.807) is 6.92 Å². The topological polar surface area (TPSA) is 48.5 Å². The molecule has 0 aliphatic heterocycles. The smallest absolute Gasteiger partial charge is 0.335 e. The van der Waals surface area contributed by atoms with Gasteiger partial charge in [0.2, 0.25) is 4.80 Å². The van der Waals surface area contributed by atoms with Crippen molar-refractivity contribution in [1.82, 2.24) is 9.36 Å². The first-order valence-electron chi connectivity index (χ1n) is 6.08. The van der Waals surface area contributed by atoms with Crippen LogP contribution >= 0.6 is 22.9 Å². The summed E-state index contributed by atoms with van der Waals surface area (Å²) in [5.74, 6) is -0.537. The van der Waals surface area contributed by atoms with Crippen LogP contribution in [0.25, 0.3) is 0 Å². The summed E-state index contributed by atoms with van der Waals surface area (Å²) in [5.41, 5.74) is -0.161. The summed E-state index contributed by atoms with van der Waals surface area (Å²) < 4.78 is 45.7. The highest BCUT2D eigenvalue weighted by molar-refractivity contribution is 7.06. The Bertz CT molecular complexity index is 813. The third-order valence-corrected chi connectivity index (χ3v) is 3.86. The molecular weight excluding hydrogens is 343 g/mol. The molecule has 0 amide bonds. The van der Waals surface area contributed by atoms with Gasteiger partial charge < -0.3 is 4.74 Å². The molecule has 22 heavy (non-hydrogen) atoms. The van der Waals surface area contributed by atoms with Gasteiger partial charge in [0.25, 0.3) is 0 Å². The molecule has 0 aliphatic carbocycles. The molecule has 0 unspecified atom stereocenters. The van der Waals surface area contributed by atoms with Gasteiger partial charge in [-0.15, -0.1) is 0 Å². The molecule has 0 fully saturated rings. The summed E-state index contributed by atoms with van der Waals surface area (Å²) in [6.07, 6.45) is 0. The lowest BCUT2D eigenvalue weighted by Crippen LogP contribution is -2.25. The van der Waals surface area contributed by atoms with Crippen molar-refractivity contribution in [2.24, 2.45) is 12.0 Å². The SMILES string of the molecule is CCOc1cc(/N=c2/sc(=O)n(C(F)F)n2C)c(F)cc1Cl. The molecule has 1 aromatic carbocycles. The molecule has 10 heteroatoms. The van der Waals surface area contributed by atoms with Gasteiger partial charge in [0.1, 0.15) is 11.4 Å². The summed E-state index contributed by atoms with van der Waals surface area (Å²) in [5, 5.41) is 0.0704. The van der Waals surface area contributed by atoms with Crippen molar-refractivity contribution in [3.8, 4) is 5.75 Å². The summed E-state index contributed by atoms with van der Waals surface area (Å²) in [6.45, 7) is -0.967. The van der Waals surface area contributed by atoms with E-state index in [2.05, 4.69) is 4.99 Å². The van der Waals surface area contributed by atoms with Gasteiger partial charge in [-0.1, -0.05) is 11.6 Å². The minimum absolute atomic E-state index is 0.0704. The third-order valence-electron chi connectivity index (χ3n) is 2.67. The first kappa shape index (κ1) is 16.6. The zero-order valence-electron chi connectivity index (χ0n) is 11.5. The summed E-state index contributed by atoms with van der Waals surface area (Å²) >= 11 is 6.30. The average molecular weight is 354 g/mol. The Kier molecular flexibility index (Phi) is 4.97. The van der Waals surface area contributed by atoms with E-state index in [4.69, 9.17) is 16.3 Å². The van der Waals surface area contributed by atoms with Gasteiger partial charge >= 0.3 is 11.4 Å². The molecule has 120 valence electrons. The maximum atomic E-state index is 13.9. The van der Waals surface area contributed by atoms with Gasteiger partial charge in [-0.05, 0) is 24.3 Å². The fourth-order valence-electron chi connectivity index (χ4n) is 1.68. The lowest BCUT2D eigenvalue weighted by molar-refractivity contribution is 0.0408. The van der Waals surface area contributed by atoms with E-state index in [1.807, 2.05) is 0 Å². The van der Waals surface area contributed by atoms with Gasteiger partial charge in [0.15, 0.2) is 5.82 Å². The second kappa shape index (κ2) is 6.57. The van der Waals surface area contributed by atoms with Crippen LogP contribution in [0.2, 0.25) is 5.02 Å². The van der Waals surface area contributed by atoms with Crippen molar-refractivity contribution in [3.63, 3.8) is 0 Å². The monoisotopic (exact) mass is 353 g/mol. The Labute approximate surface area is 131 Å². The summed E-state index contributed by atoms with van der Waals surface area (Å²) in [4.78, 5) is 14.4. The average Bonchev–Trinajstić information content (AvgIpc) is 2.70. The Morgan fingerprint density at radius 1 is 1.45 bits per heavy atom. The summed E-state index contributed by atoms with van der Waals surface area (Å²) in [6, 6.07) is 2.26. The van der Waals surface area contributed by atoms with Gasteiger partial charge in [-0.25, -0.2) is 9.38 Å². The molecule has 0 N–H and O–H groups in total. The number of alkyl halides is 2. The first-order valence-corrected chi connectivity index (χ1v) is 7.28. The van der Waals surface area contributed by atoms with E-state index >= 15 is 0 Å². The molecule has 5 nitrogen and oxygen atoms in total. The fourth-order valence-corrected chi connectivity index (χ4v) is 2.71. The maximum Gasteiger partial charge on any atom is 0.335 e. The predicted molar refractivity (Wildman–Crippen MR) is 76.6 cm³/mol. The van der Waals surface area contributed by atoms with Crippen LogP contribution in [0.4, 0.5) is 18.9 Å². The molecule has 0 spiro atoms. The second-order valence-electron chi connectivity index (χ2n) is 4.08. The number of rotatable bonds is 4. The molecular formula is C12H11ClF3N3O2S. The third kappa shape index (κ3) is 3.20. The Morgan fingerprint density at radius 2 is 2.14 bits per heavy atom. The lowest BCUT2D eigenvalue weighted by atomic mass is 10.3. The van der Waals surface area contributed by atoms with Crippen LogP contribution in [0.15, 0.2) is 21.9 Å². The van der Waals surface area contributed by atoms with E-state index < -0.39 is 17.2 Å². The molecule has 2 aromatic rings. The van der Waals surface area contributed by atoms with Crippen LogP contribution < -0.4 is 14.4 Å². The van der Waals surface area contributed by atoms with Crippen LogP contribution in [0.3, 0.4) is 0 Å². The minimum Gasteiger partial charge on any atom is -0.492 e. The van der Waals surface area contributed by atoms with Gasteiger partial charge in [0, 0.05) is 13.1 Å². The van der Waals surface area contributed by atoms with Crippen LogP contribution in [-0.4, -0.2) is 16.0 Å². The van der Waals surface area contributed by atoms with Crippen LogP contribution in [-0.2, 0) is 7.05 Å². The molecule has 0 aliphatic rings. The van der Waals surface area contributed by atoms with Crippen LogP contribution in [0, 0.1) is 5.82 Å². The van der Waals surface area contributed by atoms with Crippen molar-refractivity contribution in [1.29, 1.82) is 0 Å². The molecule has 1 aromatic heterocycles. The zero-order valence-corrected chi connectivity index (χ0v) is 13.1. The highest BCUT2D eigenvalue weighted by Crippen LogP contribution is 2.31. The fraction of sp³-hybridized carbons (Fsp3) is 0.333. The van der Waals surface area contributed by atoms with Crippen LogP contribution in [0.5, 0.6) is 5.75 Å². The normalized spacial score (nSPS) is 12.2. The first-order chi connectivity index (χ1) is 10.3. The van der Waals surface area contributed by atoms with Gasteiger partial charge in [-0.3, -0.25) is 9.48 Å². The molecule has 0 saturated carbocycles. The largest absolute Gasteiger partial charge is 0.492 e. The van der Waals surface area contributed by atoms with E-state index in [0.717, 1.165) is 10.7 Å². The standard InChI is InChI=1S/C12H11ClF3N3O2S/c1-3-21-9-5-8(7(14)4-6(9)13)17-11-18(2)19(10(15)16)12(20)22-11/h4-5,10H,3H2,1-2H3/b17-11+. The molecule has 1 heterocycles. The molecule has 0 bridgehead atoms. The van der Waals surface area contributed by atoms with Gasteiger partial charge in [0.05, 0.1) is 11.6 Å². The molecule has 0 radical (unpaired) electrons. The minimum atomic E-state index is -3.01. The maximum absolute atomic E-state index is 13.9. The molecule has 2 rings (SSSR count). The molecule has 0 saturated heterocycles. The Hall–Kier alpha value is -1.74. The highest BCUT2D eigenvalue weighted by atomic mass is 35.5. The number of halogens is 4. The van der Waals surface area contributed by atoms with E-state index in [1.165, 1.54) is 13.1 Å². The predicted octanol–water partition coefficient (Wildman–Crippen LogP) is 3.07. The second-order valence-corrected chi connectivity index (χ2v) is 5.40. The van der Waals surface area contributed by atoms with Crippen molar-refractivity contribution in [3.05, 3.63) is 37.4 Å². The van der Waals surface area contributed by atoms with Gasteiger partial charge in [-0.2, -0.15) is 13.5 Å². The van der Waals surface area contributed by atoms with Crippen molar-refractivity contribution >= 4 is 28.6 Å². The number of benzene rings is 1. The number of ether oxygens (including phenoxy) is 1. The number of nitrogens with zero attached hydrogens (tertiary/aromatic N) is 3. The Balaban J connectivity index is 2.61. The van der Waals surface area contributed by atoms with Crippen molar-refractivity contribution in [2.45, 2.75) is 13.5 Å². The molecule has 0 atom stereocenters. The van der Waals surface area contributed by atoms with E-state index in [9.17, 15) is 18.0 Å². The highest BCUT2D eigenvalue weighted by Gasteiger charge is 2.15. The number of aromatic nitrogens is 2. The lowest BCUT2D eigenvalue weighted by Gasteiger charge is -2.07. The van der Waals surface area contributed by atoms with E-state index in [0.29, 0.717) is 17.9 Å². The zero-order chi connectivity index (χ0) is 16.4.